The molecule has 0 aromatic carbocycles. The molecule has 0 aliphatic carbocycles. The molecule has 1 aromatic heterocycles. The highest BCUT2D eigenvalue weighted by Gasteiger charge is 1.84. The van der Waals surface area contributed by atoms with E-state index in [1.807, 2.05) is 12.1 Å². The highest BCUT2D eigenvalue weighted by molar-refractivity contribution is 5.74. The average Bonchev–Trinajstić information content (AvgIpc) is 2.49. The fraction of sp³-hybridized carbons (Fsp3) is 0.111. The SMILES string of the molecule is CC(=O)NC#CC#CC#CC#CC#CCc1cccnc1. The number of aromatic nitrogens is 1. The van der Waals surface area contributed by atoms with Gasteiger partial charge in [-0.05, 0) is 35.3 Å². The lowest BCUT2D eigenvalue weighted by Crippen LogP contribution is -2.11. The molecule has 1 aromatic rings. The molecule has 0 aliphatic rings. The first-order valence-electron chi connectivity index (χ1n) is 5.92. The Morgan fingerprint density at radius 1 is 1.10 bits per heavy atom. The number of hydrogen-bond acceptors (Lipinski definition) is 2. The van der Waals surface area contributed by atoms with Crippen LogP contribution in [0.3, 0.4) is 0 Å². The van der Waals surface area contributed by atoms with Gasteiger partial charge >= 0.3 is 0 Å². The minimum atomic E-state index is -0.230. The van der Waals surface area contributed by atoms with Gasteiger partial charge in [-0.1, -0.05) is 12.0 Å². The second kappa shape index (κ2) is 10.4. The quantitative estimate of drug-likeness (QED) is 0.604. The molecule has 1 heterocycles. The highest BCUT2D eigenvalue weighted by Crippen LogP contribution is 1.94. The summed E-state index contributed by atoms with van der Waals surface area (Å²) in [7, 11) is 0. The molecule has 1 amide bonds. The van der Waals surface area contributed by atoms with E-state index >= 15 is 0 Å². The molecule has 0 bridgehead atoms. The number of amides is 1. The van der Waals surface area contributed by atoms with Crippen molar-refractivity contribution in [1.29, 1.82) is 0 Å². The van der Waals surface area contributed by atoms with Crippen LogP contribution >= 0.6 is 0 Å². The number of nitrogens with one attached hydrogen (secondary N) is 1. The van der Waals surface area contributed by atoms with E-state index in [4.69, 9.17) is 0 Å². The van der Waals surface area contributed by atoms with E-state index in [0.717, 1.165) is 5.56 Å². The van der Waals surface area contributed by atoms with Gasteiger partial charge in [0.25, 0.3) is 0 Å². The predicted octanol–water partition coefficient (Wildman–Crippen LogP) is 0.735. The van der Waals surface area contributed by atoms with Gasteiger partial charge in [-0.15, -0.1) is 0 Å². The largest absolute Gasteiger partial charge is 0.285 e. The van der Waals surface area contributed by atoms with Crippen LogP contribution in [0.1, 0.15) is 12.5 Å². The van der Waals surface area contributed by atoms with Gasteiger partial charge in [0.05, 0.1) is 0 Å². The molecule has 0 saturated heterocycles. The molecule has 0 aliphatic heterocycles. The zero-order valence-corrected chi connectivity index (χ0v) is 11.4. The van der Waals surface area contributed by atoms with Gasteiger partial charge in [0.2, 0.25) is 5.91 Å². The summed E-state index contributed by atoms with van der Waals surface area (Å²) in [6.45, 7) is 1.37. The molecule has 0 radical (unpaired) electrons. The van der Waals surface area contributed by atoms with E-state index < -0.39 is 0 Å². The van der Waals surface area contributed by atoms with Crippen molar-refractivity contribution in [1.82, 2.24) is 10.3 Å². The van der Waals surface area contributed by atoms with Crippen LogP contribution in [0, 0.1) is 59.3 Å². The smallest absolute Gasteiger partial charge is 0.228 e. The van der Waals surface area contributed by atoms with Gasteiger partial charge in [0.1, 0.15) is 0 Å². The number of rotatable bonds is 1. The fourth-order valence-electron chi connectivity index (χ4n) is 1.03. The second-order valence-electron chi connectivity index (χ2n) is 3.52. The van der Waals surface area contributed by atoms with Crippen LogP contribution in [0.25, 0.3) is 0 Å². The van der Waals surface area contributed by atoms with E-state index in [-0.39, 0.29) is 5.91 Å². The Morgan fingerprint density at radius 3 is 2.38 bits per heavy atom. The molecule has 98 valence electrons. The van der Waals surface area contributed by atoms with Crippen molar-refractivity contribution >= 4 is 5.91 Å². The Bertz CT molecular complexity index is 796. The summed E-state index contributed by atoms with van der Waals surface area (Å²) in [6, 6.07) is 6.18. The van der Waals surface area contributed by atoms with Crippen molar-refractivity contribution in [3.63, 3.8) is 0 Å². The fourth-order valence-corrected chi connectivity index (χ4v) is 1.03. The van der Waals surface area contributed by atoms with E-state index in [0.29, 0.717) is 6.42 Å². The first-order chi connectivity index (χ1) is 10.3. The normalized spacial score (nSPS) is 6.71. The van der Waals surface area contributed by atoms with Crippen molar-refractivity contribution in [2.24, 2.45) is 0 Å². The Labute approximate surface area is 124 Å². The maximum absolute atomic E-state index is 10.5. The summed E-state index contributed by atoms with van der Waals surface area (Å²) >= 11 is 0. The Morgan fingerprint density at radius 2 is 1.76 bits per heavy atom. The number of nitrogens with zero attached hydrogens (tertiary/aromatic N) is 1. The van der Waals surface area contributed by atoms with E-state index in [9.17, 15) is 4.79 Å². The van der Waals surface area contributed by atoms with Crippen LogP contribution in [0.15, 0.2) is 24.5 Å². The van der Waals surface area contributed by atoms with Crippen LogP contribution < -0.4 is 5.32 Å². The van der Waals surface area contributed by atoms with Crippen molar-refractivity contribution in [2.45, 2.75) is 13.3 Å². The summed E-state index contributed by atoms with van der Waals surface area (Å²) < 4.78 is 0. The van der Waals surface area contributed by atoms with E-state index in [2.05, 4.69) is 69.6 Å². The maximum Gasteiger partial charge on any atom is 0.228 e. The number of carbonyl (C=O) groups excluding carboxylic acids is 1. The van der Waals surface area contributed by atoms with Crippen molar-refractivity contribution in [3.8, 4) is 59.3 Å². The van der Waals surface area contributed by atoms with E-state index in [1.165, 1.54) is 6.92 Å². The second-order valence-corrected chi connectivity index (χ2v) is 3.52. The van der Waals surface area contributed by atoms with Crippen LogP contribution in [0.2, 0.25) is 0 Å². The zero-order chi connectivity index (χ0) is 15.2. The molecule has 3 heteroatoms. The number of pyridine rings is 1. The lowest BCUT2D eigenvalue weighted by atomic mass is 10.2. The zero-order valence-electron chi connectivity index (χ0n) is 11.4. The summed E-state index contributed by atoms with van der Waals surface area (Å²) in [4.78, 5) is 14.5. The molecule has 0 unspecified atom stereocenters. The lowest BCUT2D eigenvalue weighted by molar-refractivity contribution is -0.117. The summed E-state index contributed by atoms with van der Waals surface area (Å²) in [5, 5.41) is 2.28. The van der Waals surface area contributed by atoms with E-state index in [1.54, 1.807) is 12.4 Å². The first-order valence-corrected chi connectivity index (χ1v) is 5.92. The predicted molar refractivity (Wildman–Crippen MR) is 80.6 cm³/mol. The van der Waals surface area contributed by atoms with Crippen LogP contribution in [0.4, 0.5) is 0 Å². The molecule has 0 atom stereocenters. The average molecular weight is 270 g/mol. The van der Waals surface area contributed by atoms with Gasteiger partial charge in [0, 0.05) is 55.5 Å². The van der Waals surface area contributed by atoms with Gasteiger partial charge in [-0.25, -0.2) is 0 Å². The third-order valence-electron chi connectivity index (χ3n) is 1.84. The van der Waals surface area contributed by atoms with Gasteiger partial charge in [0.15, 0.2) is 0 Å². The summed E-state index contributed by atoms with van der Waals surface area (Å²) in [5.41, 5.74) is 1.04. The minimum absolute atomic E-state index is 0.230. The molecule has 3 nitrogen and oxygen atoms in total. The summed E-state index contributed by atoms with van der Waals surface area (Å²) in [5.74, 6) is 22.9. The molecule has 0 fully saturated rings. The van der Waals surface area contributed by atoms with Crippen molar-refractivity contribution in [2.75, 3.05) is 0 Å². The first kappa shape index (κ1) is 15.5. The Balaban J connectivity index is 2.37. The monoisotopic (exact) mass is 270 g/mol. The highest BCUT2D eigenvalue weighted by atomic mass is 16.1. The minimum Gasteiger partial charge on any atom is -0.285 e. The van der Waals surface area contributed by atoms with Crippen LogP contribution in [0.5, 0.6) is 0 Å². The third kappa shape index (κ3) is 9.05. The number of carbonyl (C=O) groups is 1. The molecular formula is C18H10N2O. The lowest BCUT2D eigenvalue weighted by Gasteiger charge is -1.89. The summed E-state index contributed by atoms with van der Waals surface area (Å²) in [6.07, 6.45) is 4.09. The molecule has 0 spiro atoms. The Kier molecular flexibility index (Phi) is 7.63. The van der Waals surface area contributed by atoms with Gasteiger partial charge < -0.3 is 0 Å². The molecule has 1 N–H and O–H groups in total. The topological polar surface area (TPSA) is 42.0 Å². The molecule has 1 rings (SSSR count). The number of hydrogen-bond donors (Lipinski definition) is 1. The third-order valence-corrected chi connectivity index (χ3v) is 1.84. The van der Waals surface area contributed by atoms with Crippen LogP contribution in [-0.4, -0.2) is 10.9 Å². The molecule has 21 heavy (non-hydrogen) atoms. The Hall–Kier alpha value is -3.58. The van der Waals surface area contributed by atoms with Crippen LogP contribution in [-0.2, 0) is 11.2 Å². The van der Waals surface area contributed by atoms with Gasteiger partial charge in [-0.3, -0.25) is 15.1 Å². The van der Waals surface area contributed by atoms with Crippen molar-refractivity contribution in [3.05, 3.63) is 30.1 Å². The standard InChI is InChI=1S/C18H10N2O/c1-17(21)20-15-10-8-6-4-2-3-5-7-9-12-18-13-11-14-19-16-18/h11,13-14,16H,12H2,1H3,(H,20,21). The maximum atomic E-state index is 10.5. The molecular weight excluding hydrogens is 260 g/mol. The molecule has 0 saturated carbocycles. The van der Waals surface area contributed by atoms with Gasteiger partial charge in [-0.2, -0.15) is 0 Å². The van der Waals surface area contributed by atoms with Crippen molar-refractivity contribution < 1.29 is 4.79 Å².